The Bertz CT molecular complexity index is 79.3. The van der Waals surface area contributed by atoms with E-state index in [4.69, 9.17) is 0 Å². The predicted octanol–water partition coefficient (Wildman–Crippen LogP) is 4.36. The zero-order chi connectivity index (χ0) is 8.74. The van der Waals surface area contributed by atoms with Gasteiger partial charge >= 0.3 is 0 Å². The molecule has 0 aromatic heterocycles. The molecule has 11 heavy (non-hydrogen) atoms. The smallest absolute Gasteiger partial charge is 0.00958 e. The average molecular weight is 286 g/mol. The van der Waals surface area contributed by atoms with Crippen LogP contribution in [0.5, 0.6) is 0 Å². The molecule has 0 aliphatic heterocycles. The Kier molecular flexibility index (Phi) is 7.04. The zero-order valence-corrected chi connectivity index (χ0v) is 10.7. The molecule has 0 N–H and O–H groups in total. The highest BCUT2D eigenvalue weighted by Gasteiger charge is 2.24. The molecule has 0 aliphatic rings. The molecule has 0 aromatic carbocycles. The summed E-state index contributed by atoms with van der Waals surface area (Å²) in [5, 5.41) is 2.25. The summed E-state index contributed by atoms with van der Waals surface area (Å²) in [6.45, 7) is 4.53. The van der Waals surface area contributed by atoms with Crippen molar-refractivity contribution in [3.63, 3.8) is 0 Å². The van der Waals surface area contributed by atoms with Gasteiger partial charge in [0.2, 0.25) is 0 Å². The second kappa shape index (κ2) is 6.47. The van der Waals surface area contributed by atoms with Gasteiger partial charge in [-0.25, -0.2) is 0 Å². The van der Waals surface area contributed by atoms with E-state index in [-0.39, 0.29) is 0 Å². The third kappa shape index (κ3) is 3.93. The van der Waals surface area contributed by atoms with E-state index in [1.54, 1.807) is 0 Å². The fraction of sp³-hybridized carbons (Fsp3) is 1.00. The topological polar surface area (TPSA) is 0 Å². The van der Waals surface area contributed by atoms with Gasteiger partial charge in [0.05, 0.1) is 0 Å². The lowest BCUT2D eigenvalue weighted by atomic mass is 9.85. The molecule has 0 amide bonds. The predicted molar refractivity (Wildman–Crippen MR) is 59.8 cm³/mol. The number of hydrogen-bond acceptors (Lipinski definition) is 0. The zero-order valence-electron chi connectivity index (χ0n) is 7.50. The number of halogens is 2. The van der Waals surface area contributed by atoms with Crippen LogP contribution in [0.3, 0.4) is 0 Å². The van der Waals surface area contributed by atoms with E-state index in [1.165, 1.54) is 25.7 Å². The first kappa shape index (κ1) is 12.0. The monoisotopic (exact) mass is 284 g/mol. The van der Waals surface area contributed by atoms with Crippen molar-refractivity contribution in [2.24, 2.45) is 5.41 Å². The summed E-state index contributed by atoms with van der Waals surface area (Å²) in [7, 11) is 0. The molecule has 0 spiro atoms. The highest BCUT2D eigenvalue weighted by molar-refractivity contribution is 9.09. The van der Waals surface area contributed by atoms with Crippen LogP contribution in [0.25, 0.3) is 0 Å². The first-order valence-electron chi connectivity index (χ1n) is 4.36. The molecule has 0 aliphatic carbocycles. The van der Waals surface area contributed by atoms with Crippen LogP contribution in [-0.2, 0) is 0 Å². The van der Waals surface area contributed by atoms with Gasteiger partial charge < -0.3 is 0 Å². The molecular formula is C9H18Br2. The highest BCUT2D eigenvalue weighted by Crippen LogP contribution is 2.32. The van der Waals surface area contributed by atoms with Crippen LogP contribution in [0.4, 0.5) is 0 Å². The van der Waals surface area contributed by atoms with Gasteiger partial charge in [0.15, 0.2) is 0 Å². The standard InChI is InChI=1S/C9H18Br2/c1-3-5-6-9(4-2,7-10)8-11/h3-8H2,1-2H3. The molecule has 0 saturated heterocycles. The van der Waals surface area contributed by atoms with Crippen molar-refractivity contribution in [2.75, 3.05) is 10.7 Å². The van der Waals surface area contributed by atoms with Gasteiger partial charge in [0.1, 0.15) is 0 Å². The molecule has 0 heterocycles. The summed E-state index contributed by atoms with van der Waals surface area (Å²) in [5.74, 6) is 0. The molecule has 0 radical (unpaired) electrons. The van der Waals surface area contributed by atoms with Crippen LogP contribution in [0.1, 0.15) is 39.5 Å². The van der Waals surface area contributed by atoms with E-state index >= 15 is 0 Å². The van der Waals surface area contributed by atoms with Crippen LogP contribution < -0.4 is 0 Å². The highest BCUT2D eigenvalue weighted by atomic mass is 79.9. The van der Waals surface area contributed by atoms with Crippen molar-refractivity contribution in [1.29, 1.82) is 0 Å². The van der Waals surface area contributed by atoms with Gasteiger partial charge in [-0.1, -0.05) is 58.5 Å². The van der Waals surface area contributed by atoms with Crippen molar-refractivity contribution in [3.05, 3.63) is 0 Å². The Morgan fingerprint density at radius 3 is 1.91 bits per heavy atom. The Morgan fingerprint density at radius 2 is 1.64 bits per heavy atom. The fourth-order valence-corrected chi connectivity index (χ4v) is 3.37. The minimum Gasteiger partial charge on any atom is -0.0922 e. The van der Waals surface area contributed by atoms with E-state index in [1.807, 2.05) is 0 Å². The van der Waals surface area contributed by atoms with Crippen LogP contribution in [-0.4, -0.2) is 10.7 Å². The maximum absolute atomic E-state index is 3.59. The fourth-order valence-electron chi connectivity index (χ4n) is 1.09. The second-order valence-electron chi connectivity index (χ2n) is 3.22. The van der Waals surface area contributed by atoms with Gasteiger partial charge in [-0.15, -0.1) is 0 Å². The van der Waals surface area contributed by atoms with Crippen molar-refractivity contribution in [3.8, 4) is 0 Å². The number of alkyl halides is 2. The number of unbranched alkanes of at least 4 members (excludes halogenated alkanes) is 1. The van der Waals surface area contributed by atoms with Crippen molar-refractivity contribution in [2.45, 2.75) is 39.5 Å². The lowest BCUT2D eigenvalue weighted by Crippen LogP contribution is -2.23. The number of rotatable bonds is 6. The first-order valence-corrected chi connectivity index (χ1v) is 6.61. The Morgan fingerprint density at radius 1 is 1.09 bits per heavy atom. The van der Waals surface area contributed by atoms with Gasteiger partial charge in [-0.05, 0) is 18.3 Å². The van der Waals surface area contributed by atoms with Crippen LogP contribution in [0.2, 0.25) is 0 Å². The third-order valence-electron chi connectivity index (χ3n) is 2.38. The molecule has 0 saturated carbocycles. The first-order chi connectivity index (χ1) is 5.24. The Balaban J connectivity index is 3.84. The van der Waals surface area contributed by atoms with Crippen molar-refractivity contribution < 1.29 is 0 Å². The average Bonchev–Trinajstić information content (AvgIpc) is 2.08. The van der Waals surface area contributed by atoms with E-state index in [0.29, 0.717) is 5.41 Å². The molecule has 0 bridgehead atoms. The molecule has 0 aromatic rings. The largest absolute Gasteiger partial charge is 0.0922 e. The Labute approximate surface area is 87.4 Å². The minimum atomic E-state index is 0.510. The van der Waals surface area contributed by atoms with Gasteiger partial charge in [0, 0.05) is 10.7 Å². The minimum absolute atomic E-state index is 0.510. The summed E-state index contributed by atoms with van der Waals surface area (Å²) >= 11 is 7.19. The normalized spacial score (nSPS) is 12.0. The van der Waals surface area contributed by atoms with Crippen LogP contribution in [0.15, 0.2) is 0 Å². The van der Waals surface area contributed by atoms with E-state index in [0.717, 1.165) is 10.7 Å². The summed E-state index contributed by atoms with van der Waals surface area (Å²) in [6, 6.07) is 0. The molecule has 0 atom stereocenters. The van der Waals surface area contributed by atoms with Crippen molar-refractivity contribution >= 4 is 31.9 Å². The third-order valence-corrected chi connectivity index (χ3v) is 4.76. The Hall–Kier alpha value is 0.960. The molecule has 0 fully saturated rings. The van der Waals surface area contributed by atoms with Gasteiger partial charge in [0.25, 0.3) is 0 Å². The van der Waals surface area contributed by atoms with Gasteiger partial charge in [-0.3, -0.25) is 0 Å². The van der Waals surface area contributed by atoms with E-state index in [2.05, 4.69) is 45.7 Å². The van der Waals surface area contributed by atoms with Gasteiger partial charge in [-0.2, -0.15) is 0 Å². The second-order valence-corrected chi connectivity index (χ2v) is 4.35. The number of hydrogen-bond donors (Lipinski definition) is 0. The molecule has 0 nitrogen and oxygen atoms in total. The van der Waals surface area contributed by atoms with E-state index < -0.39 is 0 Å². The van der Waals surface area contributed by atoms with Crippen molar-refractivity contribution in [1.82, 2.24) is 0 Å². The molecule has 0 unspecified atom stereocenters. The van der Waals surface area contributed by atoms with E-state index in [9.17, 15) is 0 Å². The SMILES string of the molecule is CCCCC(CC)(CBr)CBr. The molecule has 2 heteroatoms. The lowest BCUT2D eigenvalue weighted by molar-refractivity contribution is 0.333. The summed E-state index contributed by atoms with van der Waals surface area (Å²) in [4.78, 5) is 0. The summed E-state index contributed by atoms with van der Waals surface area (Å²) < 4.78 is 0. The molecule has 68 valence electrons. The lowest BCUT2D eigenvalue weighted by Gasteiger charge is -2.28. The quantitative estimate of drug-likeness (QED) is 0.636. The van der Waals surface area contributed by atoms with Crippen LogP contribution in [0, 0.1) is 5.41 Å². The maximum Gasteiger partial charge on any atom is 0.00958 e. The summed E-state index contributed by atoms with van der Waals surface area (Å²) in [6.07, 6.45) is 5.27. The summed E-state index contributed by atoms with van der Waals surface area (Å²) in [5.41, 5.74) is 0.510. The molecular weight excluding hydrogens is 268 g/mol. The molecule has 0 rings (SSSR count). The maximum atomic E-state index is 3.59. The van der Waals surface area contributed by atoms with Crippen LogP contribution >= 0.6 is 31.9 Å².